The third-order valence-electron chi connectivity index (χ3n) is 5.92. The van der Waals surface area contributed by atoms with Crippen molar-refractivity contribution in [3.8, 4) is 11.1 Å². The summed E-state index contributed by atoms with van der Waals surface area (Å²) >= 11 is 0. The average molecular weight is 346 g/mol. The molecule has 2 saturated carbocycles. The van der Waals surface area contributed by atoms with Gasteiger partial charge in [0.1, 0.15) is 6.33 Å². The summed E-state index contributed by atoms with van der Waals surface area (Å²) < 4.78 is 1.77. The number of nitrogens with zero attached hydrogens (tertiary/aromatic N) is 3. The molecule has 1 aromatic carbocycles. The number of aryl methyl sites for hydroxylation is 1. The van der Waals surface area contributed by atoms with Gasteiger partial charge in [0.25, 0.3) is 0 Å². The summed E-state index contributed by atoms with van der Waals surface area (Å²) in [6, 6.07) is 10.1. The third kappa shape index (κ3) is 2.77. The van der Waals surface area contributed by atoms with Gasteiger partial charge in [-0.1, -0.05) is 6.07 Å². The number of nitrogens with one attached hydrogen (secondary N) is 1. The summed E-state index contributed by atoms with van der Waals surface area (Å²) in [6.07, 6.45) is 8.40. The molecule has 5 heteroatoms. The van der Waals surface area contributed by atoms with Crippen molar-refractivity contribution in [2.75, 3.05) is 5.32 Å². The lowest BCUT2D eigenvalue weighted by Crippen LogP contribution is -2.35. The number of carbonyl (C=O) groups excluding carboxylic acids is 1. The third-order valence-corrected chi connectivity index (χ3v) is 5.92. The standard InChI is InChI=1S/C21H22N4O/c1-13-2-6-18(24-21(26)17-8-16(9-17)14-3-4-14)10-19(13)15-5-7-20-22-12-23-25(20)11-15/h2,5-7,10-12,14,16-17H,3-4,8-9H2,1H3,(H,24,26)/t16-,17-. The SMILES string of the molecule is Cc1ccc(NC(=O)[C@H]2C[C@H](C3CC3)C2)cc1-c1ccc2ncnn2c1. The van der Waals surface area contributed by atoms with E-state index in [4.69, 9.17) is 0 Å². The number of carbonyl (C=O) groups is 1. The van der Waals surface area contributed by atoms with E-state index in [0.717, 1.165) is 47.1 Å². The predicted octanol–water partition coefficient (Wildman–Crippen LogP) is 4.08. The minimum atomic E-state index is 0.170. The predicted molar refractivity (Wildman–Crippen MR) is 101 cm³/mol. The Hall–Kier alpha value is -2.69. The van der Waals surface area contributed by atoms with Gasteiger partial charge >= 0.3 is 0 Å². The lowest BCUT2D eigenvalue weighted by Gasteiger charge is -2.34. The number of rotatable bonds is 4. The zero-order chi connectivity index (χ0) is 17.7. The van der Waals surface area contributed by atoms with E-state index in [0.29, 0.717) is 0 Å². The van der Waals surface area contributed by atoms with Crippen LogP contribution in [0.5, 0.6) is 0 Å². The van der Waals surface area contributed by atoms with Crippen LogP contribution in [0.4, 0.5) is 5.69 Å². The smallest absolute Gasteiger partial charge is 0.227 e. The van der Waals surface area contributed by atoms with Crippen LogP contribution in [0.25, 0.3) is 16.8 Å². The summed E-state index contributed by atoms with van der Waals surface area (Å²) in [5, 5.41) is 7.33. The molecule has 2 heterocycles. The van der Waals surface area contributed by atoms with Gasteiger partial charge in [-0.25, -0.2) is 9.50 Å². The van der Waals surface area contributed by atoms with Gasteiger partial charge in [0, 0.05) is 23.4 Å². The molecule has 26 heavy (non-hydrogen) atoms. The van der Waals surface area contributed by atoms with E-state index in [1.54, 1.807) is 10.8 Å². The van der Waals surface area contributed by atoms with Crippen LogP contribution in [0.15, 0.2) is 42.9 Å². The van der Waals surface area contributed by atoms with Crippen LogP contribution in [0, 0.1) is 24.7 Å². The van der Waals surface area contributed by atoms with Crippen molar-refractivity contribution in [1.29, 1.82) is 0 Å². The number of pyridine rings is 1. The quantitative estimate of drug-likeness (QED) is 0.774. The van der Waals surface area contributed by atoms with E-state index >= 15 is 0 Å². The van der Waals surface area contributed by atoms with Crippen LogP contribution in [0.2, 0.25) is 0 Å². The van der Waals surface area contributed by atoms with Gasteiger partial charge in [0.15, 0.2) is 5.65 Å². The molecule has 0 aliphatic heterocycles. The second-order valence-electron chi connectivity index (χ2n) is 7.77. The molecule has 0 atom stereocenters. The monoisotopic (exact) mass is 346 g/mol. The van der Waals surface area contributed by atoms with Crippen LogP contribution in [0.1, 0.15) is 31.2 Å². The molecular weight excluding hydrogens is 324 g/mol. The molecule has 0 saturated heterocycles. The lowest BCUT2D eigenvalue weighted by molar-refractivity contribution is -0.124. The van der Waals surface area contributed by atoms with Gasteiger partial charge in [-0.15, -0.1) is 0 Å². The topological polar surface area (TPSA) is 59.3 Å². The summed E-state index contributed by atoms with van der Waals surface area (Å²) in [6.45, 7) is 2.08. The number of amides is 1. The first-order chi connectivity index (χ1) is 12.7. The Bertz CT molecular complexity index is 983. The number of aromatic nitrogens is 3. The van der Waals surface area contributed by atoms with E-state index in [-0.39, 0.29) is 11.8 Å². The van der Waals surface area contributed by atoms with Crippen LogP contribution in [0.3, 0.4) is 0 Å². The van der Waals surface area contributed by atoms with E-state index in [1.807, 2.05) is 24.4 Å². The maximum atomic E-state index is 12.5. The minimum absolute atomic E-state index is 0.170. The molecule has 1 N–H and O–H groups in total. The van der Waals surface area contributed by atoms with E-state index in [1.165, 1.54) is 18.4 Å². The van der Waals surface area contributed by atoms with Gasteiger partial charge in [0.05, 0.1) is 0 Å². The summed E-state index contributed by atoms with van der Waals surface area (Å²) in [5.41, 5.74) is 5.02. The van der Waals surface area contributed by atoms with E-state index < -0.39 is 0 Å². The van der Waals surface area contributed by atoms with E-state index in [9.17, 15) is 4.79 Å². The second-order valence-corrected chi connectivity index (χ2v) is 7.77. The zero-order valence-electron chi connectivity index (χ0n) is 14.9. The molecule has 1 amide bonds. The molecule has 0 spiro atoms. The fraction of sp³-hybridized carbons (Fsp3) is 0.381. The first-order valence-corrected chi connectivity index (χ1v) is 9.38. The van der Waals surface area contributed by atoms with E-state index in [2.05, 4.69) is 34.5 Å². The Labute approximate surface area is 152 Å². The molecule has 2 aliphatic rings. The van der Waals surface area contributed by atoms with Crippen molar-refractivity contribution < 1.29 is 4.79 Å². The van der Waals surface area contributed by atoms with Crippen molar-refractivity contribution in [2.24, 2.45) is 17.8 Å². The molecule has 2 aliphatic carbocycles. The van der Waals surface area contributed by atoms with Crippen molar-refractivity contribution in [1.82, 2.24) is 14.6 Å². The van der Waals surface area contributed by atoms with Gasteiger partial charge < -0.3 is 5.32 Å². The number of hydrogen-bond donors (Lipinski definition) is 1. The fourth-order valence-corrected chi connectivity index (χ4v) is 4.06. The summed E-state index contributed by atoms with van der Waals surface area (Å²) in [4.78, 5) is 16.7. The first-order valence-electron chi connectivity index (χ1n) is 9.38. The maximum absolute atomic E-state index is 12.5. The molecule has 2 aromatic heterocycles. The highest BCUT2D eigenvalue weighted by molar-refractivity contribution is 5.94. The second kappa shape index (κ2) is 5.94. The Morgan fingerprint density at radius 1 is 1.15 bits per heavy atom. The molecular formula is C21H22N4O. The Morgan fingerprint density at radius 3 is 2.81 bits per heavy atom. The minimum Gasteiger partial charge on any atom is -0.326 e. The average Bonchev–Trinajstić information content (AvgIpc) is 3.30. The Balaban J connectivity index is 1.35. The number of fused-ring (bicyclic) bond motifs is 1. The molecule has 0 unspecified atom stereocenters. The largest absolute Gasteiger partial charge is 0.326 e. The molecule has 132 valence electrons. The van der Waals surface area contributed by atoms with Crippen molar-refractivity contribution in [2.45, 2.75) is 32.6 Å². The number of anilines is 1. The molecule has 2 fully saturated rings. The Morgan fingerprint density at radius 2 is 2.00 bits per heavy atom. The maximum Gasteiger partial charge on any atom is 0.227 e. The molecule has 0 radical (unpaired) electrons. The van der Waals surface area contributed by atoms with Gasteiger partial charge in [0.2, 0.25) is 5.91 Å². The number of benzene rings is 1. The summed E-state index contributed by atoms with van der Waals surface area (Å²) in [7, 11) is 0. The van der Waals surface area contributed by atoms with Gasteiger partial charge in [-0.05, 0) is 79.8 Å². The normalized spacial score (nSPS) is 22.2. The van der Waals surface area contributed by atoms with Crippen LogP contribution in [-0.2, 0) is 4.79 Å². The highest BCUT2D eigenvalue weighted by Gasteiger charge is 2.42. The number of hydrogen-bond acceptors (Lipinski definition) is 3. The van der Waals surface area contributed by atoms with Gasteiger partial charge in [-0.2, -0.15) is 5.10 Å². The fourth-order valence-electron chi connectivity index (χ4n) is 4.06. The van der Waals surface area contributed by atoms with Crippen LogP contribution in [-0.4, -0.2) is 20.5 Å². The van der Waals surface area contributed by atoms with Crippen molar-refractivity contribution in [3.05, 3.63) is 48.4 Å². The highest BCUT2D eigenvalue weighted by atomic mass is 16.1. The molecule has 5 nitrogen and oxygen atoms in total. The van der Waals surface area contributed by atoms with Gasteiger partial charge in [-0.3, -0.25) is 4.79 Å². The Kier molecular flexibility index (Phi) is 3.55. The van der Waals surface area contributed by atoms with Crippen LogP contribution < -0.4 is 5.32 Å². The molecule has 0 bridgehead atoms. The van der Waals surface area contributed by atoms with Crippen molar-refractivity contribution in [3.63, 3.8) is 0 Å². The highest BCUT2D eigenvalue weighted by Crippen LogP contribution is 2.49. The zero-order valence-corrected chi connectivity index (χ0v) is 14.9. The molecule has 5 rings (SSSR count). The lowest BCUT2D eigenvalue weighted by atomic mass is 9.72. The van der Waals surface area contributed by atoms with Crippen molar-refractivity contribution >= 4 is 17.2 Å². The summed E-state index contributed by atoms with van der Waals surface area (Å²) in [5.74, 6) is 2.07. The molecule has 3 aromatic rings. The first kappa shape index (κ1) is 15.6. The van der Waals surface area contributed by atoms with Crippen LogP contribution >= 0.6 is 0 Å².